The molecular formula is C17H22N4O3. The van der Waals surface area contributed by atoms with Gasteiger partial charge in [0.15, 0.2) is 0 Å². The van der Waals surface area contributed by atoms with Crippen LogP contribution in [0.15, 0.2) is 29.1 Å². The maximum absolute atomic E-state index is 11.8. The number of nitrogens with zero attached hydrogens (tertiary/aromatic N) is 3. The van der Waals surface area contributed by atoms with Gasteiger partial charge < -0.3 is 5.11 Å². The fourth-order valence-electron chi connectivity index (χ4n) is 3.46. The Morgan fingerprint density at radius 2 is 2.21 bits per heavy atom. The third-order valence-corrected chi connectivity index (χ3v) is 4.62. The summed E-state index contributed by atoms with van der Waals surface area (Å²) in [7, 11) is 0. The third-order valence-electron chi connectivity index (χ3n) is 4.62. The normalized spacial score (nSPS) is 18.6. The van der Waals surface area contributed by atoms with Gasteiger partial charge in [-0.15, -0.1) is 0 Å². The molecule has 7 heteroatoms. The third kappa shape index (κ3) is 3.26. The van der Waals surface area contributed by atoms with Crippen molar-refractivity contribution in [1.82, 2.24) is 19.7 Å². The fraction of sp³-hybridized carbons (Fsp3) is 0.471. The number of aromatic carboxylic acids is 1. The summed E-state index contributed by atoms with van der Waals surface area (Å²) in [5, 5.41) is 16.1. The van der Waals surface area contributed by atoms with E-state index < -0.39 is 5.97 Å². The van der Waals surface area contributed by atoms with Crippen molar-refractivity contribution < 1.29 is 9.90 Å². The van der Waals surface area contributed by atoms with Gasteiger partial charge in [0.1, 0.15) is 5.82 Å². The first-order valence-electron chi connectivity index (χ1n) is 8.28. The molecule has 1 aliphatic rings. The quantitative estimate of drug-likeness (QED) is 0.870. The van der Waals surface area contributed by atoms with Crippen LogP contribution in [0.2, 0.25) is 0 Å². The standard InChI is InChI=1S/C17H22N4O3/c1-2-21-15(18-19-17(21)24)13-7-5-9-20(11-13)10-12-6-3-4-8-14(12)16(22)23/h3-4,6,8,13H,2,5,7,9-11H2,1H3,(H,19,24)(H,22,23). The molecule has 1 atom stereocenters. The van der Waals surface area contributed by atoms with Crippen LogP contribution in [0.1, 0.15) is 47.4 Å². The Kier molecular flexibility index (Phi) is 4.80. The Morgan fingerprint density at radius 1 is 1.42 bits per heavy atom. The van der Waals surface area contributed by atoms with Gasteiger partial charge in [0.25, 0.3) is 0 Å². The molecule has 1 aromatic carbocycles. The van der Waals surface area contributed by atoms with Crippen LogP contribution >= 0.6 is 0 Å². The van der Waals surface area contributed by atoms with Crippen LogP contribution in [0, 0.1) is 0 Å². The molecule has 0 radical (unpaired) electrons. The highest BCUT2D eigenvalue weighted by Gasteiger charge is 2.26. The van der Waals surface area contributed by atoms with E-state index in [0.29, 0.717) is 18.7 Å². The first kappa shape index (κ1) is 16.4. The average molecular weight is 330 g/mol. The van der Waals surface area contributed by atoms with Crippen molar-refractivity contribution in [1.29, 1.82) is 0 Å². The predicted octanol–water partition coefficient (Wildman–Crippen LogP) is 1.67. The van der Waals surface area contributed by atoms with E-state index in [1.54, 1.807) is 16.7 Å². The molecule has 0 spiro atoms. The van der Waals surface area contributed by atoms with Crippen molar-refractivity contribution in [3.63, 3.8) is 0 Å². The van der Waals surface area contributed by atoms with E-state index in [-0.39, 0.29) is 11.6 Å². The van der Waals surface area contributed by atoms with Crippen LogP contribution < -0.4 is 5.69 Å². The number of piperidine rings is 1. The highest BCUT2D eigenvalue weighted by atomic mass is 16.4. The summed E-state index contributed by atoms with van der Waals surface area (Å²) in [6, 6.07) is 7.12. The molecule has 7 nitrogen and oxygen atoms in total. The Balaban J connectivity index is 1.77. The number of carboxylic acid groups (broad SMARTS) is 1. The maximum Gasteiger partial charge on any atom is 0.343 e. The minimum atomic E-state index is -0.897. The van der Waals surface area contributed by atoms with Gasteiger partial charge in [-0.3, -0.25) is 9.47 Å². The summed E-state index contributed by atoms with van der Waals surface area (Å²) in [4.78, 5) is 25.4. The molecular weight excluding hydrogens is 308 g/mol. The number of H-pyrrole nitrogens is 1. The van der Waals surface area contributed by atoms with E-state index in [1.807, 2.05) is 19.1 Å². The lowest BCUT2D eigenvalue weighted by atomic mass is 9.96. The number of carboxylic acids is 1. The number of hydrogen-bond acceptors (Lipinski definition) is 4. The molecule has 0 bridgehead atoms. The van der Waals surface area contributed by atoms with Gasteiger partial charge in [0, 0.05) is 25.6 Å². The number of aromatic nitrogens is 3. The van der Waals surface area contributed by atoms with Crippen LogP contribution in [-0.2, 0) is 13.1 Å². The molecule has 128 valence electrons. The fourth-order valence-corrected chi connectivity index (χ4v) is 3.46. The summed E-state index contributed by atoms with van der Waals surface area (Å²) in [5.41, 5.74) is 1.01. The van der Waals surface area contributed by atoms with E-state index in [2.05, 4.69) is 15.1 Å². The van der Waals surface area contributed by atoms with Crippen molar-refractivity contribution in [3.05, 3.63) is 51.7 Å². The Hall–Kier alpha value is -2.41. The van der Waals surface area contributed by atoms with Gasteiger partial charge in [-0.25, -0.2) is 14.7 Å². The summed E-state index contributed by atoms with van der Waals surface area (Å²) in [6.45, 7) is 4.83. The Labute approximate surface area is 139 Å². The van der Waals surface area contributed by atoms with E-state index in [1.165, 1.54) is 0 Å². The molecule has 1 fully saturated rings. The topological polar surface area (TPSA) is 91.2 Å². The second kappa shape index (κ2) is 7.00. The number of rotatable bonds is 5. The molecule has 0 amide bonds. The molecule has 1 aliphatic heterocycles. The van der Waals surface area contributed by atoms with Gasteiger partial charge in [-0.2, -0.15) is 5.10 Å². The number of nitrogens with one attached hydrogen (secondary N) is 1. The van der Waals surface area contributed by atoms with Crippen molar-refractivity contribution in [3.8, 4) is 0 Å². The van der Waals surface area contributed by atoms with Crippen molar-refractivity contribution >= 4 is 5.97 Å². The lowest BCUT2D eigenvalue weighted by molar-refractivity contribution is 0.0694. The molecule has 24 heavy (non-hydrogen) atoms. The molecule has 2 N–H and O–H groups in total. The molecule has 2 aromatic rings. The van der Waals surface area contributed by atoms with Crippen molar-refractivity contribution in [2.75, 3.05) is 13.1 Å². The number of aromatic amines is 1. The molecule has 1 aromatic heterocycles. The smallest absolute Gasteiger partial charge is 0.343 e. The average Bonchev–Trinajstić information content (AvgIpc) is 2.96. The van der Waals surface area contributed by atoms with Crippen LogP contribution in [0.5, 0.6) is 0 Å². The van der Waals surface area contributed by atoms with E-state index in [4.69, 9.17) is 0 Å². The second-order valence-corrected chi connectivity index (χ2v) is 6.17. The van der Waals surface area contributed by atoms with Gasteiger partial charge in [0.05, 0.1) is 5.56 Å². The first-order valence-corrected chi connectivity index (χ1v) is 8.28. The number of hydrogen-bond donors (Lipinski definition) is 2. The molecule has 2 heterocycles. The molecule has 0 saturated carbocycles. The molecule has 3 rings (SSSR count). The predicted molar refractivity (Wildman–Crippen MR) is 89.2 cm³/mol. The van der Waals surface area contributed by atoms with Crippen LogP contribution in [0.4, 0.5) is 0 Å². The lowest BCUT2D eigenvalue weighted by Gasteiger charge is -2.32. The van der Waals surface area contributed by atoms with Crippen molar-refractivity contribution in [2.24, 2.45) is 0 Å². The number of carbonyl (C=O) groups is 1. The van der Waals surface area contributed by atoms with E-state index in [9.17, 15) is 14.7 Å². The van der Waals surface area contributed by atoms with Crippen LogP contribution in [0.3, 0.4) is 0 Å². The van der Waals surface area contributed by atoms with E-state index >= 15 is 0 Å². The highest BCUT2D eigenvalue weighted by Crippen LogP contribution is 2.26. The van der Waals surface area contributed by atoms with Gasteiger partial charge in [0.2, 0.25) is 0 Å². The Morgan fingerprint density at radius 3 is 2.96 bits per heavy atom. The lowest BCUT2D eigenvalue weighted by Crippen LogP contribution is -2.35. The van der Waals surface area contributed by atoms with Crippen LogP contribution in [0.25, 0.3) is 0 Å². The minimum Gasteiger partial charge on any atom is -0.478 e. The maximum atomic E-state index is 11.8. The number of benzene rings is 1. The zero-order valence-corrected chi connectivity index (χ0v) is 13.7. The molecule has 1 saturated heterocycles. The Bertz CT molecular complexity index is 780. The summed E-state index contributed by atoms with van der Waals surface area (Å²) < 4.78 is 1.68. The summed E-state index contributed by atoms with van der Waals surface area (Å²) >= 11 is 0. The monoisotopic (exact) mass is 330 g/mol. The second-order valence-electron chi connectivity index (χ2n) is 6.17. The SMILES string of the molecule is CCn1c(C2CCCN(Cc3ccccc3C(=O)O)C2)n[nH]c1=O. The number of likely N-dealkylation sites (tertiary alicyclic amines) is 1. The largest absolute Gasteiger partial charge is 0.478 e. The summed E-state index contributed by atoms with van der Waals surface area (Å²) in [5.74, 6) is 0.0969. The zero-order chi connectivity index (χ0) is 17.1. The highest BCUT2D eigenvalue weighted by molar-refractivity contribution is 5.89. The minimum absolute atomic E-state index is 0.166. The van der Waals surface area contributed by atoms with Crippen LogP contribution in [-0.4, -0.2) is 43.8 Å². The van der Waals surface area contributed by atoms with Gasteiger partial charge >= 0.3 is 11.7 Å². The van der Waals surface area contributed by atoms with Gasteiger partial charge in [-0.1, -0.05) is 18.2 Å². The summed E-state index contributed by atoms with van der Waals surface area (Å²) in [6.07, 6.45) is 1.99. The molecule has 1 unspecified atom stereocenters. The molecule has 0 aliphatic carbocycles. The van der Waals surface area contributed by atoms with Crippen molar-refractivity contribution in [2.45, 2.75) is 38.8 Å². The van der Waals surface area contributed by atoms with Gasteiger partial charge in [-0.05, 0) is 37.9 Å². The van der Waals surface area contributed by atoms with E-state index in [0.717, 1.165) is 37.3 Å². The zero-order valence-electron chi connectivity index (χ0n) is 13.7. The first-order chi connectivity index (χ1) is 11.6.